The molecule has 2 N–H and O–H groups in total. The summed E-state index contributed by atoms with van der Waals surface area (Å²) in [6.45, 7) is 5.12. The Hall–Kier alpha value is -0.300. The van der Waals surface area contributed by atoms with E-state index in [-0.39, 0.29) is 18.4 Å². The number of rotatable bonds is 1. The fourth-order valence-electron chi connectivity index (χ4n) is 3.58. The lowest BCUT2D eigenvalue weighted by Gasteiger charge is -2.23. The SMILES string of the molecule is Cc1c(Br)c(Br)c2c3c1nc(N1CC[C@H](N)C1)n3CCC2.Cl. The minimum atomic E-state index is 0. The first-order valence-corrected chi connectivity index (χ1v) is 9.03. The smallest absolute Gasteiger partial charge is 0.206 e. The number of hydrogen-bond acceptors (Lipinski definition) is 3. The highest BCUT2D eigenvalue weighted by Gasteiger charge is 2.29. The highest BCUT2D eigenvalue weighted by atomic mass is 79.9. The third kappa shape index (κ3) is 2.30. The number of aryl methyl sites for hydroxylation is 3. The van der Waals surface area contributed by atoms with E-state index < -0.39 is 0 Å². The molecule has 0 amide bonds. The Morgan fingerprint density at radius 3 is 2.68 bits per heavy atom. The molecule has 1 aromatic carbocycles. The van der Waals surface area contributed by atoms with Crippen molar-refractivity contribution in [1.82, 2.24) is 9.55 Å². The van der Waals surface area contributed by atoms with Gasteiger partial charge < -0.3 is 15.2 Å². The van der Waals surface area contributed by atoms with E-state index in [1.165, 1.54) is 27.5 Å². The molecule has 0 spiro atoms. The van der Waals surface area contributed by atoms with Gasteiger partial charge >= 0.3 is 0 Å². The molecule has 4 rings (SSSR count). The van der Waals surface area contributed by atoms with E-state index in [4.69, 9.17) is 10.7 Å². The molecule has 22 heavy (non-hydrogen) atoms. The summed E-state index contributed by atoms with van der Waals surface area (Å²) in [6, 6.07) is 0.278. The topological polar surface area (TPSA) is 47.1 Å². The third-order valence-corrected chi connectivity index (χ3v) is 7.09. The van der Waals surface area contributed by atoms with Crippen molar-refractivity contribution in [2.24, 2.45) is 5.73 Å². The molecule has 0 unspecified atom stereocenters. The second kappa shape index (κ2) is 5.96. The molecule has 120 valence electrons. The molecule has 0 radical (unpaired) electrons. The Labute approximate surface area is 153 Å². The second-order valence-electron chi connectivity index (χ2n) is 6.09. The largest absolute Gasteiger partial charge is 0.341 e. The Bertz CT molecular complexity index is 743. The Morgan fingerprint density at radius 2 is 2.00 bits per heavy atom. The van der Waals surface area contributed by atoms with Gasteiger partial charge in [0.15, 0.2) is 0 Å². The normalized spacial score (nSPS) is 20.5. The van der Waals surface area contributed by atoms with Gasteiger partial charge in [-0.1, -0.05) is 0 Å². The highest BCUT2D eigenvalue weighted by molar-refractivity contribution is 9.13. The molecule has 1 saturated heterocycles. The predicted octanol–water partition coefficient (Wildman–Crippen LogP) is 3.78. The lowest BCUT2D eigenvalue weighted by molar-refractivity contribution is 0.622. The molecule has 2 aromatic rings. The molecule has 7 heteroatoms. The van der Waals surface area contributed by atoms with Gasteiger partial charge in [0.25, 0.3) is 0 Å². The maximum Gasteiger partial charge on any atom is 0.206 e. The molecular formula is C15H19Br2ClN4. The molecule has 0 saturated carbocycles. The number of hydrogen-bond donors (Lipinski definition) is 1. The summed E-state index contributed by atoms with van der Waals surface area (Å²) in [5.74, 6) is 1.10. The van der Waals surface area contributed by atoms with Crippen LogP contribution < -0.4 is 10.6 Å². The zero-order valence-electron chi connectivity index (χ0n) is 12.4. The van der Waals surface area contributed by atoms with Crippen LogP contribution in [0.1, 0.15) is 24.0 Å². The van der Waals surface area contributed by atoms with Crippen LogP contribution in [-0.2, 0) is 13.0 Å². The van der Waals surface area contributed by atoms with E-state index in [0.717, 1.165) is 48.4 Å². The van der Waals surface area contributed by atoms with Crippen molar-refractivity contribution >= 4 is 61.2 Å². The summed E-state index contributed by atoms with van der Waals surface area (Å²) in [6.07, 6.45) is 3.34. The van der Waals surface area contributed by atoms with Gasteiger partial charge in [-0.2, -0.15) is 0 Å². The van der Waals surface area contributed by atoms with Gasteiger partial charge in [-0.25, -0.2) is 4.98 Å². The molecule has 0 bridgehead atoms. The van der Waals surface area contributed by atoms with Crippen LogP contribution in [0.2, 0.25) is 0 Å². The lowest BCUT2D eigenvalue weighted by Crippen LogP contribution is -2.28. The minimum Gasteiger partial charge on any atom is -0.341 e. The zero-order valence-corrected chi connectivity index (χ0v) is 16.4. The fraction of sp³-hybridized carbons (Fsp3) is 0.533. The molecule has 1 fully saturated rings. The zero-order chi connectivity index (χ0) is 14.7. The highest BCUT2D eigenvalue weighted by Crippen LogP contribution is 2.41. The molecule has 1 aromatic heterocycles. The van der Waals surface area contributed by atoms with Crippen molar-refractivity contribution in [3.63, 3.8) is 0 Å². The first-order chi connectivity index (χ1) is 10.1. The average molecular weight is 451 g/mol. The number of halogens is 3. The van der Waals surface area contributed by atoms with Crippen molar-refractivity contribution in [2.45, 2.75) is 38.8 Å². The first kappa shape index (κ1) is 16.6. The Morgan fingerprint density at radius 1 is 1.23 bits per heavy atom. The Kier molecular flexibility index (Phi) is 4.49. The predicted molar refractivity (Wildman–Crippen MR) is 100 cm³/mol. The van der Waals surface area contributed by atoms with Crippen LogP contribution in [0.5, 0.6) is 0 Å². The fourth-order valence-corrected chi connectivity index (χ4v) is 4.69. The van der Waals surface area contributed by atoms with E-state index in [1.807, 2.05) is 0 Å². The molecule has 4 nitrogen and oxygen atoms in total. The van der Waals surface area contributed by atoms with Crippen LogP contribution in [0.4, 0.5) is 5.95 Å². The number of imidazole rings is 1. The van der Waals surface area contributed by atoms with Gasteiger partial charge in [-0.05, 0) is 69.2 Å². The van der Waals surface area contributed by atoms with Crippen LogP contribution in [0.25, 0.3) is 11.0 Å². The van der Waals surface area contributed by atoms with Crippen LogP contribution >= 0.6 is 44.3 Å². The number of anilines is 1. The summed E-state index contributed by atoms with van der Waals surface area (Å²) < 4.78 is 4.73. The van der Waals surface area contributed by atoms with E-state index in [1.54, 1.807) is 0 Å². The Balaban J connectivity index is 0.00000144. The van der Waals surface area contributed by atoms with Crippen LogP contribution in [0, 0.1) is 6.92 Å². The van der Waals surface area contributed by atoms with Gasteiger partial charge in [-0.15, -0.1) is 12.4 Å². The van der Waals surface area contributed by atoms with Crippen molar-refractivity contribution in [1.29, 1.82) is 0 Å². The lowest BCUT2D eigenvalue weighted by atomic mass is 10.0. The van der Waals surface area contributed by atoms with Crippen molar-refractivity contribution < 1.29 is 0 Å². The number of aromatic nitrogens is 2. The maximum atomic E-state index is 6.08. The third-order valence-electron chi connectivity index (χ3n) is 4.69. The van der Waals surface area contributed by atoms with Crippen molar-refractivity contribution in [3.8, 4) is 0 Å². The van der Waals surface area contributed by atoms with E-state index in [0.29, 0.717) is 0 Å². The van der Waals surface area contributed by atoms with Gasteiger partial charge in [0.1, 0.15) is 0 Å². The summed E-state index contributed by atoms with van der Waals surface area (Å²) in [7, 11) is 0. The van der Waals surface area contributed by atoms with Crippen LogP contribution in [0.3, 0.4) is 0 Å². The molecule has 3 heterocycles. The van der Waals surface area contributed by atoms with E-state index >= 15 is 0 Å². The number of nitrogens with two attached hydrogens (primary N) is 1. The second-order valence-corrected chi connectivity index (χ2v) is 7.68. The molecule has 1 atom stereocenters. The number of nitrogens with zero attached hydrogens (tertiary/aromatic N) is 3. The molecular weight excluding hydrogens is 431 g/mol. The first-order valence-electron chi connectivity index (χ1n) is 7.45. The van der Waals surface area contributed by atoms with E-state index in [9.17, 15) is 0 Å². The van der Waals surface area contributed by atoms with Gasteiger partial charge in [0.05, 0.1) is 11.0 Å². The molecule has 0 aliphatic carbocycles. The summed E-state index contributed by atoms with van der Waals surface area (Å²) in [5.41, 5.74) is 11.1. The van der Waals surface area contributed by atoms with Crippen molar-refractivity contribution in [2.75, 3.05) is 18.0 Å². The minimum absolute atomic E-state index is 0. The molecule has 2 aliphatic heterocycles. The molecule has 2 aliphatic rings. The maximum absolute atomic E-state index is 6.08. The quantitative estimate of drug-likeness (QED) is 0.719. The summed E-state index contributed by atoms with van der Waals surface area (Å²) >= 11 is 7.47. The van der Waals surface area contributed by atoms with E-state index in [2.05, 4.69) is 48.3 Å². The van der Waals surface area contributed by atoms with Gasteiger partial charge in [0.2, 0.25) is 5.95 Å². The monoisotopic (exact) mass is 448 g/mol. The number of benzene rings is 1. The van der Waals surface area contributed by atoms with Crippen molar-refractivity contribution in [3.05, 3.63) is 20.1 Å². The van der Waals surface area contributed by atoms with Gasteiger partial charge in [0, 0.05) is 34.6 Å². The standard InChI is InChI=1S/C15H18Br2N4.ClH/c1-8-11(16)12(17)10-3-2-5-21-14(10)13(8)19-15(21)20-6-4-9(18)7-20;/h9H,2-7,18H2,1H3;1H/t9-;/m0./s1. The summed E-state index contributed by atoms with van der Waals surface area (Å²) in [4.78, 5) is 7.33. The van der Waals surface area contributed by atoms with Crippen LogP contribution in [-0.4, -0.2) is 28.7 Å². The van der Waals surface area contributed by atoms with Gasteiger partial charge in [-0.3, -0.25) is 0 Å². The average Bonchev–Trinajstić information content (AvgIpc) is 3.07. The van der Waals surface area contributed by atoms with Crippen LogP contribution in [0.15, 0.2) is 8.95 Å². The summed E-state index contributed by atoms with van der Waals surface area (Å²) in [5, 5.41) is 0.